The molecule has 2 aromatic carbocycles. The molecule has 0 saturated heterocycles. The zero-order chi connectivity index (χ0) is 17.0. The summed E-state index contributed by atoms with van der Waals surface area (Å²) in [6, 6.07) is 20.7. The number of aliphatic hydroxyl groups is 1. The molecule has 1 N–H and O–H groups in total. The minimum Gasteiger partial charge on any atom is -0.393 e. The fourth-order valence-corrected chi connectivity index (χ4v) is 2.72. The number of hydrogen-bond donors (Lipinski definition) is 1. The minimum absolute atomic E-state index is 0.0608. The Bertz CT molecular complexity index is 534. The van der Waals surface area contributed by atoms with E-state index in [0.29, 0.717) is 19.4 Å². The lowest BCUT2D eigenvalue weighted by Crippen LogP contribution is -2.21. The van der Waals surface area contributed by atoms with Gasteiger partial charge in [0, 0.05) is 0 Å². The Balaban J connectivity index is 1.89. The number of ether oxygens (including phenoxy) is 1. The van der Waals surface area contributed by atoms with Crippen molar-refractivity contribution in [3.05, 3.63) is 83.9 Å². The second-order valence-electron chi connectivity index (χ2n) is 6.14. The third-order valence-electron chi connectivity index (χ3n) is 4.11. The van der Waals surface area contributed by atoms with Crippen LogP contribution in [0, 0.1) is 0 Å². The highest BCUT2D eigenvalue weighted by molar-refractivity contribution is 5.15. The summed E-state index contributed by atoms with van der Waals surface area (Å²) in [5.74, 6) is 0. The van der Waals surface area contributed by atoms with Gasteiger partial charge in [0.15, 0.2) is 0 Å². The monoisotopic (exact) mass is 324 g/mol. The van der Waals surface area contributed by atoms with Crippen LogP contribution in [-0.4, -0.2) is 17.3 Å². The molecule has 2 aromatic rings. The minimum atomic E-state index is -0.349. The standard InChI is InChI=1S/C22H28O2/c1-2-3-14-21(23)17-22(16-15-19-10-6-4-7-11-19)24-18-20-12-8-5-9-13-20/h2-13,21-23H,14-18H2,1H3/b3-2+/t21?,22-/m1/s1. The van der Waals surface area contributed by atoms with Crippen LogP contribution in [-0.2, 0) is 17.8 Å². The lowest BCUT2D eigenvalue weighted by atomic mass is 10.0. The van der Waals surface area contributed by atoms with Crippen LogP contribution >= 0.6 is 0 Å². The molecule has 24 heavy (non-hydrogen) atoms. The van der Waals surface area contributed by atoms with Crippen molar-refractivity contribution in [2.45, 2.75) is 51.4 Å². The summed E-state index contributed by atoms with van der Waals surface area (Å²) in [5.41, 5.74) is 2.49. The van der Waals surface area contributed by atoms with Crippen molar-refractivity contribution in [3.8, 4) is 0 Å². The Morgan fingerprint density at radius 3 is 2.21 bits per heavy atom. The van der Waals surface area contributed by atoms with E-state index in [-0.39, 0.29) is 12.2 Å². The predicted molar refractivity (Wildman–Crippen MR) is 99.8 cm³/mol. The molecule has 1 unspecified atom stereocenters. The topological polar surface area (TPSA) is 29.5 Å². The van der Waals surface area contributed by atoms with E-state index in [4.69, 9.17) is 4.74 Å². The fourth-order valence-electron chi connectivity index (χ4n) is 2.72. The highest BCUT2D eigenvalue weighted by atomic mass is 16.5. The van der Waals surface area contributed by atoms with Crippen LogP contribution < -0.4 is 0 Å². The molecule has 0 aliphatic heterocycles. The molecular formula is C22H28O2. The SMILES string of the molecule is C/C=C/CC(O)C[C@@H](CCc1ccccc1)OCc1ccccc1. The largest absolute Gasteiger partial charge is 0.393 e. The predicted octanol–water partition coefficient (Wildman–Crippen LogP) is 4.92. The molecule has 0 fully saturated rings. The van der Waals surface area contributed by atoms with E-state index in [1.54, 1.807) is 0 Å². The van der Waals surface area contributed by atoms with Crippen molar-refractivity contribution in [2.24, 2.45) is 0 Å². The van der Waals surface area contributed by atoms with Gasteiger partial charge in [-0.25, -0.2) is 0 Å². The second kappa shape index (κ2) is 10.8. The first-order valence-electron chi connectivity index (χ1n) is 8.76. The van der Waals surface area contributed by atoms with Gasteiger partial charge in [0.2, 0.25) is 0 Å². The van der Waals surface area contributed by atoms with E-state index in [2.05, 4.69) is 36.4 Å². The van der Waals surface area contributed by atoms with Crippen LogP contribution in [0.2, 0.25) is 0 Å². The molecule has 128 valence electrons. The Morgan fingerprint density at radius 2 is 1.58 bits per heavy atom. The number of benzene rings is 2. The Kier molecular flexibility index (Phi) is 8.29. The van der Waals surface area contributed by atoms with Gasteiger partial charge < -0.3 is 9.84 Å². The summed E-state index contributed by atoms with van der Waals surface area (Å²) >= 11 is 0. The van der Waals surface area contributed by atoms with E-state index in [0.717, 1.165) is 12.8 Å². The Morgan fingerprint density at radius 1 is 0.958 bits per heavy atom. The van der Waals surface area contributed by atoms with Gasteiger partial charge in [-0.3, -0.25) is 0 Å². The molecule has 2 nitrogen and oxygen atoms in total. The van der Waals surface area contributed by atoms with Crippen LogP contribution in [0.5, 0.6) is 0 Å². The zero-order valence-electron chi connectivity index (χ0n) is 14.5. The summed E-state index contributed by atoms with van der Waals surface area (Å²) in [5, 5.41) is 10.2. The maximum Gasteiger partial charge on any atom is 0.0720 e. The van der Waals surface area contributed by atoms with Crippen LogP contribution in [0.3, 0.4) is 0 Å². The highest BCUT2D eigenvalue weighted by Gasteiger charge is 2.15. The Hall–Kier alpha value is -1.90. The van der Waals surface area contributed by atoms with Crippen molar-refractivity contribution in [2.75, 3.05) is 0 Å². The number of allylic oxidation sites excluding steroid dienone is 1. The zero-order valence-corrected chi connectivity index (χ0v) is 14.5. The number of aryl methyl sites for hydroxylation is 1. The molecule has 0 aliphatic rings. The van der Waals surface area contributed by atoms with Crippen molar-refractivity contribution >= 4 is 0 Å². The van der Waals surface area contributed by atoms with Gasteiger partial charge in [0.1, 0.15) is 0 Å². The quantitative estimate of drug-likeness (QED) is 0.628. The molecule has 0 aromatic heterocycles. The molecule has 0 saturated carbocycles. The molecule has 0 heterocycles. The third-order valence-corrected chi connectivity index (χ3v) is 4.11. The fraction of sp³-hybridized carbons (Fsp3) is 0.364. The first kappa shape index (κ1) is 18.4. The van der Waals surface area contributed by atoms with E-state index in [1.165, 1.54) is 11.1 Å². The van der Waals surface area contributed by atoms with Gasteiger partial charge in [0.05, 0.1) is 18.8 Å². The van der Waals surface area contributed by atoms with Gasteiger partial charge in [-0.15, -0.1) is 0 Å². The molecular weight excluding hydrogens is 296 g/mol. The molecule has 2 atom stereocenters. The smallest absolute Gasteiger partial charge is 0.0720 e. The Labute approximate surface area is 145 Å². The maximum atomic E-state index is 10.2. The van der Waals surface area contributed by atoms with Crippen LogP contribution in [0.25, 0.3) is 0 Å². The molecule has 2 rings (SSSR count). The summed E-state index contributed by atoms with van der Waals surface area (Å²) < 4.78 is 6.12. The number of hydrogen-bond acceptors (Lipinski definition) is 2. The normalized spacial score (nSPS) is 13.9. The van der Waals surface area contributed by atoms with E-state index < -0.39 is 0 Å². The molecule has 0 radical (unpaired) electrons. The van der Waals surface area contributed by atoms with Gasteiger partial charge in [-0.05, 0) is 43.7 Å². The third kappa shape index (κ3) is 7.12. The lowest BCUT2D eigenvalue weighted by molar-refractivity contribution is 0.000298. The highest BCUT2D eigenvalue weighted by Crippen LogP contribution is 2.16. The molecule has 0 spiro atoms. The summed E-state index contributed by atoms with van der Waals surface area (Å²) in [4.78, 5) is 0. The van der Waals surface area contributed by atoms with Gasteiger partial charge in [-0.1, -0.05) is 72.8 Å². The van der Waals surface area contributed by atoms with Crippen LogP contribution in [0.1, 0.15) is 37.3 Å². The summed E-state index contributed by atoms with van der Waals surface area (Å²) in [7, 11) is 0. The van der Waals surface area contributed by atoms with E-state index >= 15 is 0 Å². The van der Waals surface area contributed by atoms with Crippen LogP contribution in [0.15, 0.2) is 72.8 Å². The van der Waals surface area contributed by atoms with Crippen molar-refractivity contribution in [3.63, 3.8) is 0 Å². The summed E-state index contributed by atoms with van der Waals surface area (Å²) in [6.07, 6.45) is 6.95. The summed E-state index contributed by atoms with van der Waals surface area (Å²) in [6.45, 7) is 2.57. The van der Waals surface area contributed by atoms with Gasteiger partial charge >= 0.3 is 0 Å². The lowest BCUT2D eigenvalue weighted by Gasteiger charge is -2.21. The molecule has 0 amide bonds. The van der Waals surface area contributed by atoms with Crippen LogP contribution in [0.4, 0.5) is 0 Å². The van der Waals surface area contributed by atoms with Crippen molar-refractivity contribution in [1.82, 2.24) is 0 Å². The first-order chi connectivity index (χ1) is 11.8. The number of aliphatic hydroxyl groups excluding tert-OH is 1. The number of rotatable bonds is 10. The van der Waals surface area contributed by atoms with Gasteiger partial charge in [-0.2, -0.15) is 0 Å². The average Bonchev–Trinajstić information content (AvgIpc) is 2.64. The maximum absolute atomic E-state index is 10.2. The molecule has 0 aliphatic carbocycles. The first-order valence-corrected chi connectivity index (χ1v) is 8.76. The van der Waals surface area contributed by atoms with E-state index in [1.807, 2.05) is 43.3 Å². The van der Waals surface area contributed by atoms with Crippen molar-refractivity contribution < 1.29 is 9.84 Å². The molecule has 2 heteroatoms. The second-order valence-corrected chi connectivity index (χ2v) is 6.14. The van der Waals surface area contributed by atoms with Crippen molar-refractivity contribution in [1.29, 1.82) is 0 Å². The van der Waals surface area contributed by atoms with Gasteiger partial charge in [0.25, 0.3) is 0 Å². The molecule has 0 bridgehead atoms. The average molecular weight is 324 g/mol. The van der Waals surface area contributed by atoms with E-state index in [9.17, 15) is 5.11 Å².